The summed E-state index contributed by atoms with van der Waals surface area (Å²) in [4.78, 5) is 0. The fourth-order valence-corrected chi connectivity index (χ4v) is 2.37. The second-order valence-corrected chi connectivity index (χ2v) is 5.29. The third-order valence-corrected chi connectivity index (χ3v) is 3.69. The van der Waals surface area contributed by atoms with Gasteiger partial charge < -0.3 is 5.73 Å². The van der Waals surface area contributed by atoms with Crippen molar-refractivity contribution in [1.29, 1.82) is 0 Å². The molecule has 0 saturated heterocycles. The van der Waals surface area contributed by atoms with Gasteiger partial charge in [-0.05, 0) is 24.3 Å². The lowest BCUT2D eigenvalue weighted by molar-refractivity contribution is 0.376. The van der Waals surface area contributed by atoms with Crippen molar-refractivity contribution in [3.8, 4) is 0 Å². The van der Waals surface area contributed by atoms with Gasteiger partial charge in [0.2, 0.25) is 0 Å². The fourth-order valence-electron chi connectivity index (χ4n) is 2.37. The average molecular weight is 225 g/mol. The van der Waals surface area contributed by atoms with Gasteiger partial charge in [-0.1, -0.05) is 65.4 Å². The second-order valence-electron chi connectivity index (χ2n) is 5.29. The van der Waals surface area contributed by atoms with Crippen molar-refractivity contribution in [2.45, 2.75) is 59.3 Å². The fraction of sp³-hybridized carbons (Fsp3) is 0.867. The number of nitrogens with two attached hydrogens (primary N) is 1. The van der Waals surface area contributed by atoms with Crippen LogP contribution in [0.15, 0.2) is 12.7 Å². The van der Waals surface area contributed by atoms with Crippen molar-refractivity contribution in [2.75, 3.05) is 6.54 Å². The zero-order valence-corrected chi connectivity index (χ0v) is 11.5. The van der Waals surface area contributed by atoms with Gasteiger partial charge >= 0.3 is 0 Å². The van der Waals surface area contributed by atoms with Crippen LogP contribution in [0.2, 0.25) is 0 Å². The summed E-state index contributed by atoms with van der Waals surface area (Å²) >= 11 is 0. The number of rotatable bonds is 10. The predicted octanol–water partition coefficient (Wildman–Crippen LogP) is 4.38. The minimum Gasteiger partial charge on any atom is -0.330 e. The lowest BCUT2D eigenvalue weighted by Crippen LogP contribution is -2.19. The molecule has 96 valence electrons. The Hall–Kier alpha value is -0.300. The second kappa shape index (κ2) is 9.89. The maximum absolute atomic E-state index is 5.70. The molecule has 0 radical (unpaired) electrons. The largest absolute Gasteiger partial charge is 0.330 e. The molecule has 3 unspecified atom stereocenters. The molecule has 0 aromatic rings. The van der Waals surface area contributed by atoms with E-state index in [-0.39, 0.29) is 0 Å². The molecular weight excluding hydrogens is 194 g/mol. The molecule has 0 aliphatic heterocycles. The molecule has 16 heavy (non-hydrogen) atoms. The molecule has 0 aliphatic carbocycles. The maximum atomic E-state index is 5.70. The first-order chi connectivity index (χ1) is 7.65. The highest BCUT2D eigenvalue weighted by molar-refractivity contribution is 4.83. The Kier molecular flexibility index (Phi) is 9.71. The highest BCUT2D eigenvalue weighted by Gasteiger charge is 2.11. The van der Waals surface area contributed by atoms with Gasteiger partial charge in [-0.3, -0.25) is 0 Å². The van der Waals surface area contributed by atoms with Gasteiger partial charge in [-0.15, -0.1) is 6.58 Å². The maximum Gasteiger partial charge on any atom is -0.00117 e. The highest BCUT2D eigenvalue weighted by atomic mass is 14.5. The van der Waals surface area contributed by atoms with Crippen molar-refractivity contribution in [3.63, 3.8) is 0 Å². The summed E-state index contributed by atoms with van der Waals surface area (Å²) in [5.41, 5.74) is 5.70. The van der Waals surface area contributed by atoms with Crippen LogP contribution in [0.3, 0.4) is 0 Å². The molecule has 1 heteroatoms. The Bertz CT molecular complexity index is 165. The zero-order chi connectivity index (χ0) is 12.4. The van der Waals surface area contributed by atoms with Crippen LogP contribution in [-0.2, 0) is 0 Å². The van der Waals surface area contributed by atoms with E-state index in [9.17, 15) is 0 Å². The first-order valence-electron chi connectivity index (χ1n) is 6.98. The number of unbranched alkanes of at least 4 members (excludes halogenated alkanes) is 1. The minimum atomic E-state index is 0.507. The van der Waals surface area contributed by atoms with E-state index >= 15 is 0 Å². The van der Waals surface area contributed by atoms with Gasteiger partial charge in [0.1, 0.15) is 0 Å². The molecule has 0 rings (SSSR count). The van der Waals surface area contributed by atoms with E-state index in [4.69, 9.17) is 5.73 Å². The van der Waals surface area contributed by atoms with Crippen LogP contribution in [0.25, 0.3) is 0 Å². The van der Waals surface area contributed by atoms with Crippen molar-refractivity contribution >= 4 is 0 Å². The van der Waals surface area contributed by atoms with Gasteiger partial charge in [0.05, 0.1) is 0 Å². The Morgan fingerprint density at radius 1 is 1.12 bits per heavy atom. The molecule has 0 heterocycles. The summed E-state index contributed by atoms with van der Waals surface area (Å²) in [6.07, 6.45) is 10.1. The molecule has 0 fully saturated rings. The SMILES string of the molecule is C=CC(CN)C(C)CCCCC(C)CCC. The van der Waals surface area contributed by atoms with E-state index < -0.39 is 0 Å². The van der Waals surface area contributed by atoms with Crippen LogP contribution in [-0.4, -0.2) is 6.54 Å². The first-order valence-corrected chi connectivity index (χ1v) is 6.98. The molecule has 0 aliphatic rings. The number of hydrogen-bond acceptors (Lipinski definition) is 1. The van der Waals surface area contributed by atoms with Crippen molar-refractivity contribution in [2.24, 2.45) is 23.5 Å². The normalized spacial score (nSPS) is 16.8. The summed E-state index contributed by atoms with van der Waals surface area (Å²) < 4.78 is 0. The summed E-state index contributed by atoms with van der Waals surface area (Å²) in [6.45, 7) is 11.5. The highest BCUT2D eigenvalue weighted by Crippen LogP contribution is 2.21. The quantitative estimate of drug-likeness (QED) is 0.433. The third-order valence-electron chi connectivity index (χ3n) is 3.69. The molecule has 0 bridgehead atoms. The van der Waals surface area contributed by atoms with Crippen LogP contribution in [0.5, 0.6) is 0 Å². The summed E-state index contributed by atoms with van der Waals surface area (Å²) in [6, 6.07) is 0. The van der Waals surface area contributed by atoms with E-state index in [0.29, 0.717) is 11.8 Å². The average Bonchev–Trinajstić information content (AvgIpc) is 2.26. The summed E-state index contributed by atoms with van der Waals surface area (Å²) in [7, 11) is 0. The number of hydrogen-bond donors (Lipinski definition) is 1. The van der Waals surface area contributed by atoms with Crippen molar-refractivity contribution in [1.82, 2.24) is 0 Å². The molecule has 1 nitrogen and oxygen atoms in total. The Balaban J connectivity index is 3.53. The molecule has 0 aromatic heterocycles. The molecule has 0 aromatic carbocycles. The Labute approximate surface area is 102 Å². The molecule has 3 atom stereocenters. The van der Waals surface area contributed by atoms with Crippen LogP contribution >= 0.6 is 0 Å². The van der Waals surface area contributed by atoms with Gasteiger partial charge in [0, 0.05) is 0 Å². The Morgan fingerprint density at radius 2 is 1.75 bits per heavy atom. The van der Waals surface area contributed by atoms with Crippen molar-refractivity contribution < 1.29 is 0 Å². The van der Waals surface area contributed by atoms with E-state index in [2.05, 4.69) is 27.4 Å². The molecular formula is C15H31N. The molecule has 0 saturated carbocycles. The van der Waals surface area contributed by atoms with E-state index in [0.717, 1.165) is 12.5 Å². The molecule has 0 amide bonds. The third kappa shape index (κ3) is 7.05. The summed E-state index contributed by atoms with van der Waals surface area (Å²) in [5.74, 6) is 2.11. The van der Waals surface area contributed by atoms with Crippen LogP contribution < -0.4 is 5.73 Å². The lowest BCUT2D eigenvalue weighted by atomic mass is 9.88. The Morgan fingerprint density at radius 3 is 2.25 bits per heavy atom. The van der Waals surface area contributed by atoms with Gasteiger partial charge in [-0.25, -0.2) is 0 Å². The topological polar surface area (TPSA) is 26.0 Å². The minimum absolute atomic E-state index is 0.507. The molecule has 0 spiro atoms. The van der Waals surface area contributed by atoms with Crippen LogP contribution in [0, 0.1) is 17.8 Å². The molecule has 2 N–H and O–H groups in total. The summed E-state index contributed by atoms with van der Waals surface area (Å²) in [5, 5.41) is 0. The van der Waals surface area contributed by atoms with E-state index in [1.165, 1.54) is 38.5 Å². The van der Waals surface area contributed by atoms with Crippen LogP contribution in [0.4, 0.5) is 0 Å². The van der Waals surface area contributed by atoms with Gasteiger partial charge in [0.25, 0.3) is 0 Å². The lowest BCUT2D eigenvalue weighted by Gasteiger charge is -2.19. The predicted molar refractivity (Wildman–Crippen MR) is 74.4 cm³/mol. The van der Waals surface area contributed by atoms with Crippen molar-refractivity contribution in [3.05, 3.63) is 12.7 Å². The zero-order valence-electron chi connectivity index (χ0n) is 11.5. The van der Waals surface area contributed by atoms with E-state index in [1.807, 2.05) is 6.08 Å². The monoisotopic (exact) mass is 225 g/mol. The van der Waals surface area contributed by atoms with E-state index in [1.54, 1.807) is 0 Å². The van der Waals surface area contributed by atoms with Gasteiger partial charge in [0.15, 0.2) is 0 Å². The smallest absolute Gasteiger partial charge is 0.00117 e. The van der Waals surface area contributed by atoms with Gasteiger partial charge in [-0.2, -0.15) is 0 Å². The van der Waals surface area contributed by atoms with Crippen LogP contribution in [0.1, 0.15) is 59.3 Å². The standard InChI is InChI=1S/C15H31N/c1-5-9-13(3)10-7-8-11-14(4)15(6-2)12-16/h6,13-15H,2,5,7-12,16H2,1,3-4H3. The first kappa shape index (κ1) is 15.7.